The summed E-state index contributed by atoms with van der Waals surface area (Å²) in [6.45, 7) is 5.40. The summed E-state index contributed by atoms with van der Waals surface area (Å²) in [4.78, 5) is 11.2. The quantitative estimate of drug-likeness (QED) is 0.783. The highest BCUT2D eigenvalue weighted by Gasteiger charge is 2.17. The lowest BCUT2D eigenvalue weighted by Gasteiger charge is -2.11. The third kappa shape index (κ3) is 4.28. The first-order valence-corrected chi connectivity index (χ1v) is 4.93. The lowest BCUT2D eigenvalue weighted by atomic mass is 10.3. The number of halogens is 1. The van der Waals surface area contributed by atoms with Crippen LogP contribution in [0, 0.1) is 0 Å². The Balaban J connectivity index is 2.13. The van der Waals surface area contributed by atoms with E-state index in [1.165, 1.54) is 0 Å². The zero-order valence-corrected chi connectivity index (χ0v) is 8.89. The SMILES string of the molecule is C=C(Br)CNC(=O)NC1CCOC1. The standard InChI is InChI=1S/C8H13BrN2O2/c1-6(9)4-10-8(12)11-7-2-3-13-5-7/h7H,1-5H2,(H2,10,11,12). The van der Waals surface area contributed by atoms with E-state index in [1.54, 1.807) is 0 Å². The number of nitrogens with one attached hydrogen (secondary N) is 2. The van der Waals surface area contributed by atoms with E-state index in [9.17, 15) is 4.79 Å². The van der Waals surface area contributed by atoms with Crippen LogP contribution in [0.15, 0.2) is 11.1 Å². The molecule has 0 radical (unpaired) electrons. The van der Waals surface area contributed by atoms with Crippen molar-refractivity contribution in [3.63, 3.8) is 0 Å². The Morgan fingerprint density at radius 2 is 2.46 bits per heavy atom. The zero-order chi connectivity index (χ0) is 9.68. The first-order valence-electron chi connectivity index (χ1n) is 4.14. The smallest absolute Gasteiger partial charge is 0.315 e. The second kappa shape index (κ2) is 5.24. The molecule has 74 valence electrons. The first-order chi connectivity index (χ1) is 6.18. The van der Waals surface area contributed by atoms with Gasteiger partial charge < -0.3 is 15.4 Å². The molecule has 2 N–H and O–H groups in total. The van der Waals surface area contributed by atoms with Crippen LogP contribution in [0.5, 0.6) is 0 Å². The van der Waals surface area contributed by atoms with Gasteiger partial charge in [0.05, 0.1) is 19.2 Å². The molecule has 0 aromatic heterocycles. The third-order valence-electron chi connectivity index (χ3n) is 1.71. The number of amides is 2. The molecule has 1 rings (SSSR count). The topological polar surface area (TPSA) is 50.4 Å². The molecule has 4 nitrogen and oxygen atoms in total. The lowest BCUT2D eigenvalue weighted by Crippen LogP contribution is -2.42. The number of carbonyl (C=O) groups is 1. The summed E-state index contributed by atoms with van der Waals surface area (Å²) in [5.74, 6) is 0. The molecule has 1 aliphatic heterocycles. The Morgan fingerprint density at radius 3 is 3.00 bits per heavy atom. The van der Waals surface area contributed by atoms with Crippen molar-refractivity contribution in [1.82, 2.24) is 10.6 Å². The number of carbonyl (C=O) groups excluding carboxylic acids is 1. The van der Waals surface area contributed by atoms with E-state index >= 15 is 0 Å². The number of hydrogen-bond acceptors (Lipinski definition) is 2. The molecule has 2 amide bonds. The molecule has 0 aliphatic carbocycles. The summed E-state index contributed by atoms with van der Waals surface area (Å²) in [5, 5.41) is 5.45. The molecule has 1 saturated heterocycles. The Bertz CT molecular complexity index is 202. The second-order valence-corrected chi connectivity index (χ2v) is 4.03. The molecule has 1 heterocycles. The van der Waals surface area contributed by atoms with Gasteiger partial charge in [-0.2, -0.15) is 0 Å². The Hall–Kier alpha value is -0.550. The van der Waals surface area contributed by atoms with E-state index in [-0.39, 0.29) is 12.1 Å². The van der Waals surface area contributed by atoms with Crippen LogP contribution in [0.3, 0.4) is 0 Å². The average Bonchev–Trinajstić information content (AvgIpc) is 2.53. The van der Waals surface area contributed by atoms with Crippen molar-refractivity contribution in [3.8, 4) is 0 Å². The Kier molecular flexibility index (Phi) is 4.24. The van der Waals surface area contributed by atoms with Crippen molar-refractivity contribution in [1.29, 1.82) is 0 Å². The van der Waals surface area contributed by atoms with Crippen LogP contribution in [0.25, 0.3) is 0 Å². The molecule has 0 aromatic carbocycles. The maximum Gasteiger partial charge on any atom is 0.315 e. The van der Waals surface area contributed by atoms with Gasteiger partial charge in [0.2, 0.25) is 0 Å². The van der Waals surface area contributed by atoms with Gasteiger partial charge in [0.15, 0.2) is 0 Å². The van der Waals surface area contributed by atoms with E-state index in [1.807, 2.05) is 0 Å². The third-order valence-corrected chi connectivity index (χ3v) is 1.99. The van der Waals surface area contributed by atoms with E-state index < -0.39 is 0 Å². The maximum atomic E-state index is 11.2. The molecule has 1 aliphatic rings. The van der Waals surface area contributed by atoms with Crippen molar-refractivity contribution in [2.45, 2.75) is 12.5 Å². The van der Waals surface area contributed by atoms with Crippen LogP contribution in [-0.2, 0) is 4.74 Å². The fraction of sp³-hybridized carbons (Fsp3) is 0.625. The van der Waals surface area contributed by atoms with E-state index in [0.717, 1.165) is 17.5 Å². The number of rotatable bonds is 3. The zero-order valence-electron chi connectivity index (χ0n) is 7.31. The maximum absolute atomic E-state index is 11.2. The molecular weight excluding hydrogens is 236 g/mol. The molecule has 0 aromatic rings. The molecule has 0 spiro atoms. The highest BCUT2D eigenvalue weighted by atomic mass is 79.9. The summed E-state index contributed by atoms with van der Waals surface area (Å²) in [6.07, 6.45) is 0.892. The predicted octanol–water partition coefficient (Wildman–Crippen LogP) is 0.983. The highest BCUT2D eigenvalue weighted by Crippen LogP contribution is 2.02. The number of hydrogen-bond donors (Lipinski definition) is 2. The number of ether oxygens (including phenoxy) is 1. The Morgan fingerprint density at radius 1 is 1.69 bits per heavy atom. The second-order valence-electron chi connectivity index (χ2n) is 2.90. The van der Waals surface area contributed by atoms with Crippen LogP contribution >= 0.6 is 15.9 Å². The van der Waals surface area contributed by atoms with Gasteiger partial charge >= 0.3 is 6.03 Å². The van der Waals surface area contributed by atoms with E-state index in [0.29, 0.717) is 13.2 Å². The van der Waals surface area contributed by atoms with E-state index in [2.05, 4.69) is 33.1 Å². The van der Waals surface area contributed by atoms with Gasteiger partial charge in [0.1, 0.15) is 0 Å². The van der Waals surface area contributed by atoms with Crippen LogP contribution in [-0.4, -0.2) is 31.8 Å². The van der Waals surface area contributed by atoms with Gasteiger partial charge in [-0.3, -0.25) is 0 Å². The average molecular weight is 249 g/mol. The van der Waals surface area contributed by atoms with Gasteiger partial charge in [-0.25, -0.2) is 4.79 Å². The van der Waals surface area contributed by atoms with Crippen LogP contribution in [0.4, 0.5) is 4.79 Å². The highest BCUT2D eigenvalue weighted by molar-refractivity contribution is 9.11. The fourth-order valence-corrected chi connectivity index (χ4v) is 1.20. The van der Waals surface area contributed by atoms with Crippen LogP contribution < -0.4 is 10.6 Å². The summed E-state index contributed by atoms with van der Waals surface area (Å²) >= 11 is 3.15. The molecule has 1 fully saturated rings. The van der Waals surface area contributed by atoms with Crippen molar-refractivity contribution in [3.05, 3.63) is 11.1 Å². The van der Waals surface area contributed by atoms with Crippen molar-refractivity contribution in [2.24, 2.45) is 0 Å². The molecule has 1 atom stereocenters. The molecular formula is C8H13BrN2O2. The molecule has 0 saturated carbocycles. The van der Waals surface area contributed by atoms with Gasteiger partial charge in [-0.05, 0) is 6.42 Å². The molecule has 0 bridgehead atoms. The normalized spacial score (nSPS) is 21.2. The minimum Gasteiger partial charge on any atom is -0.379 e. The van der Waals surface area contributed by atoms with Gasteiger partial charge in [0.25, 0.3) is 0 Å². The summed E-state index contributed by atoms with van der Waals surface area (Å²) in [6, 6.07) is -0.0142. The van der Waals surface area contributed by atoms with Crippen molar-refractivity contribution < 1.29 is 9.53 Å². The van der Waals surface area contributed by atoms with Crippen LogP contribution in [0.1, 0.15) is 6.42 Å². The fourth-order valence-electron chi connectivity index (χ4n) is 1.06. The molecule has 5 heteroatoms. The monoisotopic (exact) mass is 248 g/mol. The molecule has 1 unspecified atom stereocenters. The number of urea groups is 1. The summed E-state index contributed by atoms with van der Waals surface area (Å²) in [7, 11) is 0. The minimum absolute atomic E-state index is 0.156. The van der Waals surface area contributed by atoms with Crippen molar-refractivity contribution >= 4 is 22.0 Å². The lowest BCUT2D eigenvalue weighted by molar-refractivity contribution is 0.188. The Labute approximate surface area is 85.8 Å². The van der Waals surface area contributed by atoms with E-state index in [4.69, 9.17) is 4.74 Å². The molecule has 13 heavy (non-hydrogen) atoms. The van der Waals surface area contributed by atoms with Gasteiger partial charge in [0, 0.05) is 11.1 Å². The predicted molar refractivity (Wildman–Crippen MR) is 53.8 cm³/mol. The summed E-state index contributed by atoms with van der Waals surface area (Å²) < 4.78 is 5.87. The summed E-state index contributed by atoms with van der Waals surface area (Å²) in [5.41, 5.74) is 0. The first kappa shape index (κ1) is 10.5. The van der Waals surface area contributed by atoms with Gasteiger partial charge in [-0.15, -0.1) is 0 Å². The minimum atomic E-state index is -0.170. The van der Waals surface area contributed by atoms with Gasteiger partial charge in [-0.1, -0.05) is 22.5 Å². The van der Waals surface area contributed by atoms with Crippen LogP contribution in [0.2, 0.25) is 0 Å². The largest absolute Gasteiger partial charge is 0.379 e. The van der Waals surface area contributed by atoms with Crippen molar-refractivity contribution in [2.75, 3.05) is 19.8 Å².